The summed E-state index contributed by atoms with van der Waals surface area (Å²) in [6, 6.07) is 7.88. The summed E-state index contributed by atoms with van der Waals surface area (Å²) < 4.78 is 5.28. The van der Waals surface area contributed by atoms with E-state index in [0.29, 0.717) is 6.42 Å². The maximum atomic E-state index is 10.0. The molecular formula is C16H24O2. The Morgan fingerprint density at radius 2 is 2.06 bits per heavy atom. The summed E-state index contributed by atoms with van der Waals surface area (Å²) in [4.78, 5) is 0. The van der Waals surface area contributed by atoms with Crippen molar-refractivity contribution in [2.75, 3.05) is 7.11 Å². The SMILES string of the molecule is C=CCCCCCC(O)Cc1ccccc1OC. The number of hydrogen-bond donors (Lipinski definition) is 1. The molecule has 0 aromatic heterocycles. The number of unbranched alkanes of at least 4 members (excludes halogenated alkanes) is 3. The van der Waals surface area contributed by atoms with E-state index in [1.165, 1.54) is 6.42 Å². The van der Waals surface area contributed by atoms with Crippen molar-refractivity contribution >= 4 is 0 Å². The van der Waals surface area contributed by atoms with Crippen LogP contribution in [0.3, 0.4) is 0 Å². The van der Waals surface area contributed by atoms with Crippen LogP contribution in [0, 0.1) is 0 Å². The number of aliphatic hydroxyl groups excluding tert-OH is 1. The van der Waals surface area contributed by atoms with Gasteiger partial charge in [0.05, 0.1) is 13.2 Å². The van der Waals surface area contributed by atoms with E-state index in [-0.39, 0.29) is 6.10 Å². The number of methoxy groups -OCH3 is 1. The molecule has 0 aliphatic carbocycles. The first kappa shape index (κ1) is 14.8. The van der Waals surface area contributed by atoms with Gasteiger partial charge in [0.25, 0.3) is 0 Å². The monoisotopic (exact) mass is 248 g/mol. The topological polar surface area (TPSA) is 29.5 Å². The van der Waals surface area contributed by atoms with Crippen molar-refractivity contribution in [1.29, 1.82) is 0 Å². The van der Waals surface area contributed by atoms with Crippen LogP contribution in [0.5, 0.6) is 5.75 Å². The fraction of sp³-hybridized carbons (Fsp3) is 0.500. The van der Waals surface area contributed by atoms with Gasteiger partial charge < -0.3 is 9.84 Å². The van der Waals surface area contributed by atoms with Gasteiger partial charge in [-0.2, -0.15) is 0 Å². The Balaban J connectivity index is 2.30. The lowest BCUT2D eigenvalue weighted by molar-refractivity contribution is 0.160. The van der Waals surface area contributed by atoms with Crippen molar-refractivity contribution in [3.05, 3.63) is 42.5 Å². The van der Waals surface area contributed by atoms with Gasteiger partial charge in [-0.05, 0) is 30.9 Å². The Morgan fingerprint density at radius 3 is 2.78 bits per heavy atom. The van der Waals surface area contributed by atoms with E-state index in [0.717, 1.165) is 37.0 Å². The van der Waals surface area contributed by atoms with Gasteiger partial charge in [-0.1, -0.05) is 37.1 Å². The van der Waals surface area contributed by atoms with Gasteiger partial charge >= 0.3 is 0 Å². The fourth-order valence-electron chi connectivity index (χ4n) is 2.07. The van der Waals surface area contributed by atoms with Crippen LogP contribution in [-0.2, 0) is 6.42 Å². The minimum atomic E-state index is -0.273. The average molecular weight is 248 g/mol. The van der Waals surface area contributed by atoms with E-state index < -0.39 is 0 Å². The predicted octanol–water partition coefficient (Wildman–Crippen LogP) is 3.74. The van der Waals surface area contributed by atoms with Crippen molar-refractivity contribution in [3.8, 4) is 5.75 Å². The molecule has 0 saturated heterocycles. The molecule has 0 bridgehead atoms. The van der Waals surface area contributed by atoms with Gasteiger partial charge in [-0.15, -0.1) is 6.58 Å². The molecule has 0 spiro atoms. The molecule has 2 heteroatoms. The molecule has 1 N–H and O–H groups in total. The lowest BCUT2D eigenvalue weighted by Crippen LogP contribution is -2.11. The van der Waals surface area contributed by atoms with E-state index in [9.17, 15) is 5.11 Å². The third-order valence-electron chi connectivity index (χ3n) is 3.09. The second-order valence-electron chi connectivity index (χ2n) is 4.60. The fourth-order valence-corrected chi connectivity index (χ4v) is 2.07. The molecule has 2 nitrogen and oxygen atoms in total. The third kappa shape index (κ3) is 5.37. The lowest BCUT2D eigenvalue weighted by Gasteiger charge is -2.13. The number of benzene rings is 1. The summed E-state index contributed by atoms with van der Waals surface area (Å²) in [5.41, 5.74) is 1.08. The van der Waals surface area contributed by atoms with Crippen molar-refractivity contribution in [1.82, 2.24) is 0 Å². The van der Waals surface area contributed by atoms with Crippen LogP contribution in [0.15, 0.2) is 36.9 Å². The first-order valence-electron chi connectivity index (χ1n) is 6.68. The second-order valence-corrected chi connectivity index (χ2v) is 4.60. The standard InChI is InChI=1S/C16H24O2/c1-3-4-5-6-7-11-15(17)13-14-10-8-9-12-16(14)18-2/h3,8-10,12,15,17H,1,4-7,11,13H2,2H3. The highest BCUT2D eigenvalue weighted by atomic mass is 16.5. The molecule has 0 heterocycles. The summed E-state index contributed by atoms with van der Waals surface area (Å²) in [5, 5.41) is 10.0. The van der Waals surface area contributed by atoms with E-state index in [1.807, 2.05) is 30.3 Å². The molecule has 0 amide bonds. The van der Waals surface area contributed by atoms with Gasteiger partial charge in [-0.3, -0.25) is 0 Å². The van der Waals surface area contributed by atoms with Crippen LogP contribution in [-0.4, -0.2) is 18.3 Å². The van der Waals surface area contributed by atoms with Crippen LogP contribution < -0.4 is 4.74 Å². The molecule has 0 saturated carbocycles. The zero-order valence-corrected chi connectivity index (χ0v) is 11.3. The number of ether oxygens (including phenoxy) is 1. The van der Waals surface area contributed by atoms with Gasteiger partial charge in [-0.25, -0.2) is 0 Å². The van der Waals surface area contributed by atoms with Crippen LogP contribution >= 0.6 is 0 Å². The molecule has 18 heavy (non-hydrogen) atoms. The van der Waals surface area contributed by atoms with Crippen LogP contribution in [0.4, 0.5) is 0 Å². The molecule has 1 unspecified atom stereocenters. The molecule has 100 valence electrons. The van der Waals surface area contributed by atoms with E-state index in [1.54, 1.807) is 7.11 Å². The van der Waals surface area contributed by atoms with Crippen molar-refractivity contribution in [2.45, 2.75) is 44.6 Å². The number of aliphatic hydroxyl groups is 1. The second kappa shape index (κ2) is 8.76. The molecule has 0 fully saturated rings. The van der Waals surface area contributed by atoms with Crippen LogP contribution in [0.25, 0.3) is 0 Å². The Bertz CT molecular complexity index is 347. The average Bonchev–Trinajstić information content (AvgIpc) is 2.39. The van der Waals surface area contributed by atoms with Crippen molar-refractivity contribution in [3.63, 3.8) is 0 Å². The highest BCUT2D eigenvalue weighted by molar-refractivity contribution is 5.33. The normalized spacial score (nSPS) is 12.1. The molecule has 1 atom stereocenters. The number of allylic oxidation sites excluding steroid dienone is 1. The first-order chi connectivity index (χ1) is 8.77. The number of para-hydroxylation sites is 1. The minimum absolute atomic E-state index is 0.273. The molecule has 0 aliphatic heterocycles. The summed E-state index contributed by atoms with van der Waals surface area (Å²) in [5.74, 6) is 0.864. The Labute approximate surface area is 110 Å². The summed E-state index contributed by atoms with van der Waals surface area (Å²) in [7, 11) is 1.67. The Kier molecular flexibility index (Phi) is 7.19. The zero-order chi connectivity index (χ0) is 13.2. The maximum Gasteiger partial charge on any atom is 0.122 e. The predicted molar refractivity (Wildman–Crippen MR) is 76.0 cm³/mol. The van der Waals surface area contributed by atoms with E-state index in [2.05, 4.69) is 6.58 Å². The van der Waals surface area contributed by atoms with Gasteiger partial charge in [0.15, 0.2) is 0 Å². The van der Waals surface area contributed by atoms with Gasteiger partial charge in [0, 0.05) is 6.42 Å². The number of rotatable bonds is 9. The van der Waals surface area contributed by atoms with Crippen LogP contribution in [0.2, 0.25) is 0 Å². The number of hydrogen-bond acceptors (Lipinski definition) is 2. The summed E-state index contributed by atoms with van der Waals surface area (Å²) in [6.45, 7) is 3.71. The minimum Gasteiger partial charge on any atom is -0.496 e. The van der Waals surface area contributed by atoms with Crippen molar-refractivity contribution < 1.29 is 9.84 Å². The highest BCUT2D eigenvalue weighted by Crippen LogP contribution is 2.20. The van der Waals surface area contributed by atoms with Crippen LogP contribution in [0.1, 0.15) is 37.7 Å². The molecule has 1 aromatic carbocycles. The Morgan fingerprint density at radius 1 is 1.28 bits per heavy atom. The highest BCUT2D eigenvalue weighted by Gasteiger charge is 2.08. The molecule has 1 rings (SSSR count). The quantitative estimate of drug-likeness (QED) is 0.533. The smallest absolute Gasteiger partial charge is 0.122 e. The molecule has 1 aromatic rings. The van der Waals surface area contributed by atoms with E-state index in [4.69, 9.17) is 4.74 Å². The van der Waals surface area contributed by atoms with Gasteiger partial charge in [0.1, 0.15) is 5.75 Å². The zero-order valence-electron chi connectivity index (χ0n) is 11.3. The Hall–Kier alpha value is -1.28. The van der Waals surface area contributed by atoms with Gasteiger partial charge in [0.2, 0.25) is 0 Å². The lowest BCUT2D eigenvalue weighted by atomic mass is 10.0. The van der Waals surface area contributed by atoms with E-state index >= 15 is 0 Å². The summed E-state index contributed by atoms with van der Waals surface area (Å²) >= 11 is 0. The maximum absolute atomic E-state index is 10.0. The molecule has 0 radical (unpaired) electrons. The third-order valence-corrected chi connectivity index (χ3v) is 3.09. The molecule has 0 aliphatic rings. The largest absolute Gasteiger partial charge is 0.496 e. The van der Waals surface area contributed by atoms with Crippen molar-refractivity contribution in [2.24, 2.45) is 0 Å². The first-order valence-corrected chi connectivity index (χ1v) is 6.68. The molecular weight excluding hydrogens is 224 g/mol. The summed E-state index contributed by atoms with van der Waals surface area (Å²) in [6.07, 6.45) is 7.68.